The molecule has 0 atom stereocenters. The molecule has 0 N–H and O–H groups in total. The summed E-state index contributed by atoms with van der Waals surface area (Å²) in [4.78, 5) is 50.5. The Kier molecular flexibility index (Phi) is 6.39. The highest BCUT2D eigenvalue weighted by Gasteiger charge is 2.28. The minimum Gasteiger partial charge on any atom is -0.462 e. The van der Waals surface area contributed by atoms with Crippen molar-refractivity contribution in [2.75, 3.05) is 11.5 Å². The van der Waals surface area contributed by atoms with Gasteiger partial charge in [0.2, 0.25) is 0 Å². The number of thiazole rings is 1. The molecular weight excluding hydrogens is 460 g/mol. The highest BCUT2D eigenvalue weighted by molar-refractivity contribution is 7.21. The van der Waals surface area contributed by atoms with E-state index in [0.717, 1.165) is 16.9 Å². The lowest BCUT2D eigenvalue weighted by atomic mass is 10.2. The lowest BCUT2D eigenvalue weighted by molar-refractivity contribution is 0.0531. The summed E-state index contributed by atoms with van der Waals surface area (Å²) >= 11 is 2.30. The number of anilines is 1. The Morgan fingerprint density at radius 3 is 2.55 bits per heavy atom. The second-order valence-electron chi connectivity index (χ2n) is 7.41. The van der Waals surface area contributed by atoms with Gasteiger partial charge in [-0.25, -0.2) is 14.8 Å². The van der Waals surface area contributed by atoms with Crippen molar-refractivity contribution in [3.8, 4) is 0 Å². The Balaban J connectivity index is 1.82. The second kappa shape index (κ2) is 9.24. The third-order valence-corrected chi connectivity index (χ3v) is 7.46. The van der Waals surface area contributed by atoms with E-state index in [1.165, 1.54) is 27.1 Å². The Labute approximate surface area is 198 Å². The fraction of sp³-hybridized carbons (Fsp3) is 0.261. The third-order valence-electron chi connectivity index (χ3n) is 5.11. The molecule has 4 rings (SSSR count). The predicted molar refractivity (Wildman–Crippen MR) is 129 cm³/mol. The van der Waals surface area contributed by atoms with Crippen LogP contribution in [-0.4, -0.2) is 33.0 Å². The van der Waals surface area contributed by atoms with Gasteiger partial charge in [-0.2, -0.15) is 0 Å². The first-order valence-electron chi connectivity index (χ1n) is 10.3. The summed E-state index contributed by atoms with van der Waals surface area (Å²) in [7, 11) is 1.63. The van der Waals surface area contributed by atoms with E-state index in [9.17, 15) is 14.4 Å². The molecule has 10 heteroatoms. The van der Waals surface area contributed by atoms with Crippen LogP contribution in [0.5, 0.6) is 0 Å². The lowest BCUT2D eigenvalue weighted by Gasteiger charge is -2.20. The van der Waals surface area contributed by atoms with Gasteiger partial charge in [-0.1, -0.05) is 41.7 Å². The maximum Gasteiger partial charge on any atom is 0.350 e. The number of nitrogens with zero attached hydrogens (tertiary/aromatic N) is 4. The first-order valence-corrected chi connectivity index (χ1v) is 11.9. The van der Waals surface area contributed by atoms with Gasteiger partial charge in [0, 0.05) is 7.05 Å². The summed E-state index contributed by atoms with van der Waals surface area (Å²) in [6.07, 6.45) is 1.45. The van der Waals surface area contributed by atoms with E-state index in [0.29, 0.717) is 36.4 Å². The molecule has 0 saturated carbocycles. The number of thiophene rings is 1. The highest BCUT2D eigenvalue weighted by Crippen LogP contribution is 2.33. The Morgan fingerprint density at radius 1 is 1.12 bits per heavy atom. The fourth-order valence-corrected chi connectivity index (χ4v) is 5.46. The van der Waals surface area contributed by atoms with Crippen molar-refractivity contribution < 1.29 is 14.3 Å². The van der Waals surface area contributed by atoms with E-state index in [2.05, 4.69) is 9.97 Å². The van der Waals surface area contributed by atoms with E-state index >= 15 is 0 Å². The first kappa shape index (κ1) is 22.8. The number of amides is 1. The van der Waals surface area contributed by atoms with E-state index < -0.39 is 5.97 Å². The largest absolute Gasteiger partial charge is 0.462 e. The van der Waals surface area contributed by atoms with Crippen LogP contribution in [0, 0.1) is 13.8 Å². The Bertz CT molecular complexity index is 1410. The summed E-state index contributed by atoms with van der Waals surface area (Å²) in [5.41, 5.74) is 1.80. The molecule has 8 nitrogen and oxygen atoms in total. The van der Waals surface area contributed by atoms with Crippen LogP contribution < -0.4 is 10.5 Å². The van der Waals surface area contributed by atoms with Gasteiger partial charge >= 0.3 is 5.97 Å². The van der Waals surface area contributed by atoms with Gasteiger partial charge in [0.05, 0.1) is 35.4 Å². The molecule has 1 aromatic carbocycles. The van der Waals surface area contributed by atoms with Crippen molar-refractivity contribution >= 4 is 49.9 Å². The molecule has 1 amide bonds. The number of carbonyl (C=O) groups is 2. The van der Waals surface area contributed by atoms with Gasteiger partial charge in [-0.15, -0.1) is 11.3 Å². The summed E-state index contributed by atoms with van der Waals surface area (Å²) in [6, 6.07) is 9.53. The molecule has 170 valence electrons. The van der Waals surface area contributed by atoms with Gasteiger partial charge in [0.15, 0.2) is 5.13 Å². The van der Waals surface area contributed by atoms with Crippen molar-refractivity contribution in [2.24, 2.45) is 7.05 Å². The molecule has 4 aromatic rings. The average Bonchev–Trinajstić information content (AvgIpc) is 3.35. The summed E-state index contributed by atoms with van der Waals surface area (Å²) < 4.78 is 6.53. The standard InChI is InChI=1S/C23H22N4O4S2/c1-5-31-22(30)18-14(3)25-23(33-18)27(11-15-9-7-6-8-10-15)21(29)17-13(2)16-19(32-17)24-12-26(4)20(16)28/h6-10,12H,5,11H2,1-4H3. The van der Waals surface area contributed by atoms with Crippen molar-refractivity contribution in [1.29, 1.82) is 0 Å². The zero-order valence-electron chi connectivity index (χ0n) is 18.6. The number of rotatable bonds is 6. The third kappa shape index (κ3) is 4.31. The smallest absolute Gasteiger partial charge is 0.350 e. The molecule has 0 radical (unpaired) electrons. The Hall–Kier alpha value is -3.37. The zero-order chi connectivity index (χ0) is 23.7. The minimum absolute atomic E-state index is 0.197. The molecular formula is C23H22N4O4S2. The summed E-state index contributed by atoms with van der Waals surface area (Å²) in [5.74, 6) is -0.762. The van der Waals surface area contributed by atoms with Crippen LogP contribution in [-0.2, 0) is 18.3 Å². The molecule has 0 saturated heterocycles. The minimum atomic E-state index is -0.461. The van der Waals surface area contributed by atoms with Gasteiger partial charge in [-0.05, 0) is 31.9 Å². The second-order valence-corrected chi connectivity index (χ2v) is 9.38. The number of carbonyl (C=O) groups excluding carboxylic acids is 2. The van der Waals surface area contributed by atoms with Crippen LogP contribution in [0.1, 0.15) is 43.1 Å². The highest BCUT2D eigenvalue weighted by atomic mass is 32.1. The molecule has 0 bridgehead atoms. The van der Waals surface area contributed by atoms with Crippen LogP contribution >= 0.6 is 22.7 Å². The van der Waals surface area contributed by atoms with Crippen molar-refractivity contribution in [1.82, 2.24) is 14.5 Å². The van der Waals surface area contributed by atoms with Crippen molar-refractivity contribution in [2.45, 2.75) is 27.3 Å². The van der Waals surface area contributed by atoms with E-state index in [-0.39, 0.29) is 24.6 Å². The topological polar surface area (TPSA) is 94.4 Å². The van der Waals surface area contributed by atoms with Crippen LogP contribution in [0.3, 0.4) is 0 Å². The number of esters is 1. The molecule has 0 aliphatic rings. The normalized spacial score (nSPS) is 11.0. The summed E-state index contributed by atoms with van der Waals surface area (Å²) in [5, 5.41) is 0.831. The van der Waals surface area contributed by atoms with Crippen LogP contribution in [0.4, 0.5) is 5.13 Å². The van der Waals surface area contributed by atoms with E-state index in [1.807, 2.05) is 30.3 Å². The van der Waals surface area contributed by atoms with Crippen molar-refractivity contribution in [3.05, 3.63) is 73.6 Å². The van der Waals surface area contributed by atoms with Gasteiger partial charge in [0.25, 0.3) is 11.5 Å². The number of fused-ring (bicyclic) bond motifs is 1. The molecule has 0 spiro atoms. The predicted octanol–water partition coefficient (Wildman–Crippen LogP) is 4.09. The molecule has 0 unspecified atom stereocenters. The maximum atomic E-state index is 13.8. The zero-order valence-corrected chi connectivity index (χ0v) is 20.2. The molecule has 3 heterocycles. The van der Waals surface area contributed by atoms with E-state index in [1.54, 1.807) is 27.8 Å². The number of benzene rings is 1. The summed E-state index contributed by atoms with van der Waals surface area (Å²) in [6.45, 7) is 5.72. The fourth-order valence-electron chi connectivity index (χ4n) is 3.41. The molecule has 0 aliphatic heterocycles. The average molecular weight is 483 g/mol. The van der Waals surface area contributed by atoms with Gasteiger partial charge in [-0.3, -0.25) is 14.5 Å². The number of hydrogen-bond donors (Lipinski definition) is 0. The number of aromatic nitrogens is 3. The van der Waals surface area contributed by atoms with Crippen LogP contribution in [0.25, 0.3) is 10.2 Å². The monoisotopic (exact) mass is 482 g/mol. The van der Waals surface area contributed by atoms with Crippen molar-refractivity contribution in [3.63, 3.8) is 0 Å². The quantitative estimate of drug-likeness (QED) is 0.384. The van der Waals surface area contributed by atoms with Gasteiger partial charge < -0.3 is 9.30 Å². The maximum absolute atomic E-state index is 13.8. The SMILES string of the molecule is CCOC(=O)c1sc(N(Cc2ccccc2)C(=O)c2sc3ncn(C)c(=O)c3c2C)nc1C. The molecule has 33 heavy (non-hydrogen) atoms. The number of hydrogen-bond acceptors (Lipinski definition) is 8. The Morgan fingerprint density at radius 2 is 1.85 bits per heavy atom. The van der Waals surface area contributed by atoms with E-state index in [4.69, 9.17) is 4.74 Å². The van der Waals surface area contributed by atoms with Crippen LogP contribution in [0.15, 0.2) is 41.5 Å². The molecule has 0 fully saturated rings. The number of aryl methyl sites for hydroxylation is 3. The number of ether oxygens (including phenoxy) is 1. The van der Waals surface area contributed by atoms with Gasteiger partial charge in [0.1, 0.15) is 9.71 Å². The molecule has 3 aromatic heterocycles. The van der Waals surface area contributed by atoms with Crippen LogP contribution in [0.2, 0.25) is 0 Å². The lowest BCUT2D eigenvalue weighted by Crippen LogP contribution is -2.30. The first-order chi connectivity index (χ1) is 15.8. The molecule has 0 aliphatic carbocycles.